The number of esters is 1. The lowest BCUT2D eigenvalue weighted by molar-refractivity contribution is -0.473. The molecular formula is C54H56FN8O11+. The summed E-state index contributed by atoms with van der Waals surface area (Å²) < 4.78 is 29.8. The number of aryl methyl sites for hydroxylation is 1. The quantitative estimate of drug-likeness (QED) is 0.0270. The first kappa shape index (κ1) is 50.9. The predicted molar refractivity (Wildman–Crippen MR) is 264 cm³/mol. The number of ether oxygens (including phenoxy) is 2. The van der Waals surface area contributed by atoms with E-state index in [9.17, 15) is 43.5 Å². The number of hydrogen-bond acceptors (Lipinski definition) is 12. The summed E-state index contributed by atoms with van der Waals surface area (Å²) in [5.41, 5.74) is 5.89. The van der Waals surface area contributed by atoms with Crippen molar-refractivity contribution in [2.75, 3.05) is 11.9 Å². The number of aliphatic hydroxyl groups is 1. The summed E-state index contributed by atoms with van der Waals surface area (Å²) in [6.45, 7) is 8.54. The highest BCUT2D eigenvalue weighted by atomic mass is 19.1. The molecular weight excluding hydrogens is 956 g/mol. The van der Waals surface area contributed by atoms with Crippen molar-refractivity contribution in [1.29, 1.82) is 0 Å². The summed E-state index contributed by atoms with van der Waals surface area (Å²) in [6, 6.07) is 5.44. The molecule has 1 aliphatic carbocycles. The fraction of sp³-hybridized carbons (Fsp3) is 0.407. The molecule has 6 heterocycles. The average Bonchev–Trinajstić information content (AvgIpc) is 3.89. The van der Waals surface area contributed by atoms with Crippen LogP contribution in [0.25, 0.3) is 22.3 Å². The van der Waals surface area contributed by atoms with Crippen LogP contribution >= 0.6 is 0 Å². The molecule has 2 aromatic heterocycles. The van der Waals surface area contributed by atoms with Crippen LogP contribution < -0.4 is 26.8 Å². The summed E-state index contributed by atoms with van der Waals surface area (Å²) in [6.07, 6.45) is 5.90. The van der Waals surface area contributed by atoms with Gasteiger partial charge in [0, 0.05) is 58.9 Å². The van der Waals surface area contributed by atoms with E-state index >= 15 is 4.39 Å². The molecule has 0 bridgehead atoms. The number of imide groups is 1. The van der Waals surface area contributed by atoms with Crippen molar-refractivity contribution in [3.63, 3.8) is 0 Å². The minimum atomic E-state index is -2.04. The number of halogens is 1. The van der Waals surface area contributed by atoms with Gasteiger partial charge in [0.15, 0.2) is 12.1 Å². The maximum absolute atomic E-state index is 15.5. The van der Waals surface area contributed by atoms with Gasteiger partial charge in [-0.15, -0.1) is 4.58 Å². The number of aromatic nitrogens is 2. The third kappa shape index (κ3) is 9.66. The first-order valence-corrected chi connectivity index (χ1v) is 24.8. The first-order valence-electron chi connectivity index (χ1n) is 24.8. The number of carbonyl (C=O) groups excluding carboxylic acids is 7. The van der Waals surface area contributed by atoms with Gasteiger partial charge in [-0.2, -0.15) is 0 Å². The number of rotatable bonds is 18. The van der Waals surface area contributed by atoms with E-state index in [0.29, 0.717) is 94.4 Å². The van der Waals surface area contributed by atoms with Gasteiger partial charge >= 0.3 is 12.1 Å². The minimum Gasteiger partial charge on any atom is -0.458 e. The van der Waals surface area contributed by atoms with Gasteiger partial charge in [-0.3, -0.25) is 33.7 Å². The number of anilines is 1. The van der Waals surface area contributed by atoms with Crippen LogP contribution in [-0.2, 0) is 76.6 Å². The third-order valence-corrected chi connectivity index (χ3v) is 14.5. The van der Waals surface area contributed by atoms with Crippen LogP contribution in [0.2, 0.25) is 0 Å². The Bertz CT molecular complexity index is 3290. The van der Waals surface area contributed by atoms with Crippen molar-refractivity contribution in [2.45, 2.75) is 130 Å². The van der Waals surface area contributed by atoms with Crippen LogP contribution in [0.1, 0.15) is 117 Å². The highest BCUT2D eigenvalue weighted by molar-refractivity contribution is 6.12. The summed E-state index contributed by atoms with van der Waals surface area (Å²) in [7, 11) is 0. The Morgan fingerprint density at radius 2 is 1.74 bits per heavy atom. The molecule has 5 aliphatic rings. The number of pyridine rings is 2. The standard InChI is InChI=1S/C54H55FN8O11/c1-6-54(72)37-22-41-48-35(25-63(41)51(69)36(37)27-73-52(54)70)46-39(15-14-34-29(4)38(55)23-40(58-48)45(34)46)59-53(71)74-26-31-12-13-33(21-32(31)24-61-18-10-19-61)57-49(67)30(5)56-50(68)47(28(2)3)60-42(64)11-8-7-9-20-62-43(65)16-17-44(62)66/h12-13,16-18,21-23,28,30,39,47,72H,6-9,11,14-15,20,24-27H2,1-5H3,(H3-,56,57,59,60,64,67,68,71)/p+1/t30-,39-,47-,54-/m0/s1. The maximum Gasteiger partial charge on any atom is 0.407 e. The number of cyclic esters (lactones) is 1. The smallest absolute Gasteiger partial charge is 0.407 e. The largest absolute Gasteiger partial charge is 0.458 e. The Morgan fingerprint density at radius 3 is 2.45 bits per heavy atom. The van der Waals surface area contributed by atoms with Crippen LogP contribution in [0.15, 0.2) is 59.2 Å². The molecule has 0 saturated carbocycles. The van der Waals surface area contributed by atoms with Crippen molar-refractivity contribution in [2.24, 2.45) is 5.92 Å². The van der Waals surface area contributed by atoms with Crippen LogP contribution in [0, 0.1) is 18.7 Å². The zero-order valence-electron chi connectivity index (χ0n) is 41.6. The molecule has 9 rings (SSSR count). The second-order valence-corrected chi connectivity index (χ2v) is 19.6. The second-order valence-electron chi connectivity index (χ2n) is 19.6. The Kier molecular flexibility index (Phi) is 14.1. The molecule has 6 amide bonds. The molecule has 4 atom stereocenters. The maximum atomic E-state index is 15.5. The first-order chi connectivity index (χ1) is 35.4. The lowest BCUT2D eigenvalue weighted by Crippen LogP contribution is -2.53. The lowest BCUT2D eigenvalue weighted by atomic mass is 9.81. The van der Waals surface area contributed by atoms with Crippen molar-refractivity contribution in [3.05, 3.63) is 115 Å². The van der Waals surface area contributed by atoms with Crippen LogP contribution in [0.3, 0.4) is 0 Å². The van der Waals surface area contributed by atoms with E-state index in [1.165, 1.54) is 29.7 Å². The van der Waals surface area contributed by atoms with E-state index in [4.69, 9.17) is 14.5 Å². The number of unbranched alkanes of at least 4 members (excludes halogenated alkanes) is 2. The van der Waals surface area contributed by atoms with E-state index < -0.39 is 59.0 Å². The van der Waals surface area contributed by atoms with Gasteiger partial charge in [0.05, 0.1) is 40.8 Å². The molecule has 4 aliphatic heterocycles. The Balaban J connectivity index is 0.857. The predicted octanol–water partition coefficient (Wildman–Crippen LogP) is 4.37. The number of nitrogens with one attached hydrogen (secondary N) is 4. The molecule has 5 N–H and O–H groups in total. The molecule has 2 aromatic carbocycles. The fourth-order valence-corrected chi connectivity index (χ4v) is 10.2. The Labute approximate surface area is 424 Å². The van der Waals surface area contributed by atoms with Gasteiger partial charge in [-0.05, 0) is 92.3 Å². The second kappa shape index (κ2) is 20.5. The molecule has 0 spiro atoms. The van der Waals surface area contributed by atoms with Gasteiger partial charge in [0.2, 0.25) is 29.8 Å². The van der Waals surface area contributed by atoms with Crippen molar-refractivity contribution >= 4 is 64.1 Å². The highest BCUT2D eigenvalue weighted by Gasteiger charge is 2.46. The molecule has 0 unspecified atom stereocenters. The highest BCUT2D eigenvalue weighted by Crippen LogP contribution is 2.46. The summed E-state index contributed by atoms with van der Waals surface area (Å²) in [5, 5.41) is 23.4. The van der Waals surface area contributed by atoms with E-state index in [0.717, 1.165) is 10.5 Å². The summed E-state index contributed by atoms with van der Waals surface area (Å²) in [4.78, 5) is 110. The van der Waals surface area contributed by atoms with Crippen LogP contribution in [0.5, 0.6) is 0 Å². The molecule has 0 radical (unpaired) electrons. The zero-order chi connectivity index (χ0) is 52.7. The van der Waals surface area contributed by atoms with Gasteiger partial charge in [0.25, 0.3) is 17.4 Å². The number of fused-ring (bicyclic) bond motifs is 5. The monoisotopic (exact) mass is 1010 g/mol. The van der Waals surface area contributed by atoms with Gasteiger partial charge in [-0.1, -0.05) is 33.3 Å². The minimum absolute atomic E-state index is 0.0368. The number of alkyl carbamates (subject to hydrolysis) is 1. The topological polar surface area (TPSA) is 247 Å². The molecule has 19 nitrogen and oxygen atoms in total. The average molecular weight is 1010 g/mol. The SMILES string of the molecule is CC[C@@]1(O)C(=O)OCc2c1cc1n(c2=O)Cc2c-1nc1cc(F)c(C)c3c1c2[C@@H](NC(=O)OCc1ccc(NC(=O)[C@H](C)NC(=O)[C@@H](NC(=O)CCCCCN2C(=O)C=CC2=O)C(C)C)cc1C[N+]1=C=C=C1)CC3. The van der Waals surface area contributed by atoms with Gasteiger partial charge in [-0.25, -0.2) is 19.0 Å². The number of hydrogen-bond donors (Lipinski definition) is 5. The van der Waals surface area contributed by atoms with Crippen molar-refractivity contribution in [3.8, 4) is 11.4 Å². The summed E-state index contributed by atoms with van der Waals surface area (Å²) >= 11 is 0. The number of benzene rings is 2. The molecule has 0 saturated heterocycles. The van der Waals surface area contributed by atoms with Gasteiger partial charge < -0.3 is 40.4 Å². The van der Waals surface area contributed by atoms with E-state index in [2.05, 4.69) is 32.9 Å². The van der Waals surface area contributed by atoms with E-state index in [1.54, 1.807) is 62.7 Å². The van der Waals surface area contributed by atoms with Crippen molar-refractivity contribution in [1.82, 2.24) is 30.4 Å². The summed E-state index contributed by atoms with van der Waals surface area (Å²) in [5.74, 6) is -0.798. The normalized spacial score (nSPS) is 18.5. The van der Waals surface area contributed by atoms with E-state index in [-0.39, 0.29) is 73.9 Å². The van der Waals surface area contributed by atoms with Crippen molar-refractivity contribution < 1.29 is 57.1 Å². The molecule has 74 heavy (non-hydrogen) atoms. The number of carbonyl (C=O) groups is 7. The molecule has 384 valence electrons. The lowest BCUT2D eigenvalue weighted by Gasteiger charge is -2.31. The number of amides is 6. The molecule has 4 aromatic rings. The molecule has 20 heteroatoms. The fourth-order valence-electron chi connectivity index (χ4n) is 10.2. The van der Waals surface area contributed by atoms with Crippen LogP contribution in [-0.4, -0.2) is 90.2 Å². The van der Waals surface area contributed by atoms with E-state index in [1.807, 2.05) is 0 Å². The third-order valence-electron chi connectivity index (χ3n) is 14.5. The Hall–Kier alpha value is -8.05. The van der Waals surface area contributed by atoms with Gasteiger partial charge in [0.1, 0.15) is 31.1 Å². The molecule has 0 fully saturated rings. The zero-order valence-corrected chi connectivity index (χ0v) is 41.6. The number of nitrogens with zero attached hydrogens (tertiary/aromatic N) is 4. The Morgan fingerprint density at radius 1 is 0.986 bits per heavy atom. The van der Waals surface area contributed by atoms with Crippen LogP contribution in [0.4, 0.5) is 14.9 Å².